The molecule has 3 nitrogen and oxygen atoms in total. The Morgan fingerprint density at radius 3 is 2.56 bits per heavy atom. The van der Waals surface area contributed by atoms with Crippen LogP contribution >= 0.6 is 0 Å². The highest BCUT2D eigenvalue weighted by atomic mass is 19.4. The van der Waals surface area contributed by atoms with Gasteiger partial charge < -0.3 is 9.30 Å². The van der Waals surface area contributed by atoms with Gasteiger partial charge in [-0.15, -0.1) is 0 Å². The lowest BCUT2D eigenvalue weighted by atomic mass is 10.3. The zero-order chi connectivity index (χ0) is 11.9. The molecule has 0 amide bonds. The zero-order valence-electron chi connectivity index (χ0n) is 8.67. The molecule has 0 unspecified atom stereocenters. The number of halogens is 3. The predicted molar refractivity (Wildman–Crippen MR) is 52.3 cm³/mol. The van der Waals surface area contributed by atoms with E-state index in [0.717, 1.165) is 4.57 Å². The third kappa shape index (κ3) is 1.60. The number of ether oxygens (including phenoxy) is 1. The van der Waals surface area contributed by atoms with Gasteiger partial charge in [-0.25, -0.2) is 4.98 Å². The molecule has 0 saturated carbocycles. The van der Waals surface area contributed by atoms with Crippen LogP contribution in [-0.4, -0.2) is 16.7 Å². The van der Waals surface area contributed by atoms with Gasteiger partial charge in [-0.3, -0.25) is 0 Å². The summed E-state index contributed by atoms with van der Waals surface area (Å²) in [5.41, 5.74) is 0.697. The summed E-state index contributed by atoms with van der Waals surface area (Å²) in [5, 5.41) is 0. The van der Waals surface area contributed by atoms with Crippen molar-refractivity contribution in [3.8, 4) is 5.75 Å². The molecule has 0 saturated heterocycles. The molecule has 6 heteroatoms. The number of hydrogen-bond donors (Lipinski definition) is 0. The van der Waals surface area contributed by atoms with Gasteiger partial charge in [-0.2, -0.15) is 13.2 Å². The molecule has 0 atom stereocenters. The Bertz CT molecular complexity index is 531. The van der Waals surface area contributed by atoms with Crippen LogP contribution < -0.4 is 4.74 Å². The van der Waals surface area contributed by atoms with Crippen LogP contribution in [0.3, 0.4) is 0 Å². The van der Waals surface area contributed by atoms with Crippen molar-refractivity contribution < 1.29 is 17.9 Å². The van der Waals surface area contributed by atoms with E-state index < -0.39 is 12.0 Å². The van der Waals surface area contributed by atoms with Crippen molar-refractivity contribution in [3.63, 3.8) is 0 Å². The van der Waals surface area contributed by atoms with Gasteiger partial charge in [0.15, 0.2) is 0 Å². The fourth-order valence-corrected chi connectivity index (χ4v) is 1.56. The van der Waals surface area contributed by atoms with Crippen LogP contribution in [-0.2, 0) is 13.2 Å². The summed E-state index contributed by atoms with van der Waals surface area (Å²) < 4.78 is 43.6. The number of alkyl halides is 3. The second kappa shape index (κ2) is 3.40. The number of benzene rings is 1. The van der Waals surface area contributed by atoms with E-state index in [1.165, 1.54) is 20.2 Å². The average molecular weight is 230 g/mol. The number of aromatic nitrogens is 2. The molecule has 1 aromatic carbocycles. The van der Waals surface area contributed by atoms with E-state index >= 15 is 0 Å². The Hall–Kier alpha value is -1.72. The molecular weight excluding hydrogens is 221 g/mol. The van der Waals surface area contributed by atoms with Crippen molar-refractivity contribution in [1.82, 2.24) is 9.55 Å². The Morgan fingerprint density at radius 1 is 1.31 bits per heavy atom. The predicted octanol–water partition coefficient (Wildman–Crippen LogP) is 2.60. The van der Waals surface area contributed by atoms with Gasteiger partial charge >= 0.3 is 6.18 Å². The van der Waals surface area contributed by atoms with Gasteiger partial charge in [0.25, 0.3) is 0 Å². The molecule has 0 aliphatic carbocycles. The minimum absolute atomic E-state index is 0.272. The average Bonchev–Trinajstić information content (AvgIpc) is 2.55. The highest BCUT2D eigenvalue weighted by Crippen LogP contribution is 2.31. The second-order valence-corrected chi connectivity index (χ2v) is 3.35. The summed E-state index contributed by atoms with van der Waals surface area (Å²) in [4.78, 5) is 3.55. The first kappa shape index (κ1) is 10.8. The molecule has 0 aliphatic heterocycles. The van der Waals surface area contributed by atoms with Gasteiger partial charge in [-0.05, 0) is 12.1 Å². The molecule has 0 aliphatic rings. The molecular formula is C10H9F3N2O. The maximum Gasteiger partial charge on any atom is 0.449 e. The van der Waals surface area contributed by atoms with E-state index in [2.05, 4.69) is 4.98 Å². The first-order valence-corrected chi connectivity index (χ1v) is 4.51. The quantitative estimate of drug-likeness (QED) is 0.752. The zero-order valence-corrected chi connectivity index (χ0v) is 8.67. The highest BCUT2D eigenvalue weighted by Gasteiger charge is 2.36. The van der Waals surface area contributed by atoms with Crippen LogP contribution in [0.1, 0.15) is 5.82 Å². The van der Waals surface area contributed by atoms with Crippen molar-refractivity contribution in [2.75, 3.05) is 7.11 Å². The van der Waals surface area contributed by atoms with Crippen LogP contribution in [0.25, 0.3) is 11.0 Å². The van der Waals surface area contributed by atoms with Crippen LogP contribution in [0.4, 0.5) is 13.2 Å². The summed E-state index contributed by atoms with van der Waals surface area (Å²) in [6.45, 7) is 0. The standard InChI is InChI=1S/C10H9F3N2O/c1-15-8-4-3-6(16-2)5-7(8)14-9(15)10(11,12)13/h3-5H,1-2H3. The SMILES string of the molecule is COc1ccc2c(c1)nc(C(F)(F)F)n2C. The lowest BCUT2D eigenvalue weighted by Crippen LogP contribution is -2.12. The van der Waals surface area contributed by atoms with E-state index in [0.29, 0.717) is 11.3 Å². The summed E-state index contributed by atoms with van der Waals surface area (Å²) in [5.74, 6) is -0.421. The van der Waals surface area contributed by atoms with Crippen LogP contribution in [0, 0.1) is 0 Å². The number of aryl methyl sites for hydroxylation is 1. The third-order valence-electron chi connectivity index (χ3n) is 2.34. The Labute approximate surface area is 89.5 Å². The van der Waals surface area contributed by atoms with Gasteiger partial charge in [-0.1, -0.05) is 0 Å². The third-order valence-corrected chi connectivity index (χ3v) is 2.34. The van der Waals surface area contributed by atoms with Gasteiger partial charge in [0.05, 0.1) is 18.1 Å². The normalized spacial score (nSPS) is 12.1. The highest BCUT2D eigenvalue weighted by molar-refractivity contribution is 5.77. The number of imidazole rings is 1. The van der Waals surface area contributed by atoms with E-state index in [1.807, 2.05) is 0 Å². The van der Waals surface area contributed by atoms with Gasteiger partial charge in [0.2, 0.25) is 5.82 Å². The molecule has 16 heavy (non-hydrogen) atoms. The second-order valence-electron chi connectivity index (χ2n) is 3.35. The minimum atomic E-state index is -4.44. The fraction of sp³-hybridized carbons (Fsp3) is 0.300. The largest absolute Gasteiger partial charge is 0.497 e. The Balaban J connectivity index is 2.68. The summed E-state index contributed by atoms with van der Waals surface area (Å²) in [6, 6.07) is 4.63. The topological polar surface area (TPSA) is 27.1 Å². The molecule has 2 aromatic rings. The molecule has 1 heterocycles. The summed E-state index contributed by atoms with van der Waals surface area (Å²) >= 11 is 0. The van der Waals surface area contributed by atoms with E-state index in [-0.39, 0.29) is 5.52 Å². The lowest BCUT2D eigenvalue weighted by Gasteiger charge is -2.05. The van der Waals surface area contributed by atoms with Crippen LogP contribution in [0.15, 0.2) is 18.2 Å². The van der Waals surface area contributed by atoms with Crippen molar-refractivity contribution in [2.24, 2.45) is 7.05 Å². The molecule has 0 fully saturated rings. The van der Waals surface area contributed by atoms with E-state index in [1.54, 1.807) is 12.1 Å². The lowest BCUT2D eigenvalue weighted by molar-refractivity contribution is -0.146. The van der Waals surface area contributed by atoms with E-state index in [4.69, 9.17) is 4.74 Å². The molecule has 2 rings (SSSR count). The van der Waals surface area contributed by atoms with Crippen molar-refractivity contribution in [3.05, 3.63) is 24.0 Å². The van der Waals surface area contributed by atoms with Crippen LogP contribution in [0.5, 0.6) is 5.75 Å². The van der Waals surface area contributed by atoms with E-state index in [9.17, 15) is 13.2 Å². The number of fused-ring (bicyclic) bond motifs is 1. The maximum absolute atomic E-state index is 12.6. The Morgan fingerprint density at radius 2 is 2.00 bits per heavy atom. The first-order valence-electron chi connectivity index (χ1n) is 4.51. The van der Waals surface area contributed by atoms with Gasteiger partial charge in [0, 0.05) is 13.1 Å². The molecule has 0 N–H and O–H groups in total. The van der Waals surface area contributed by atoms with Crippen molar-refractivity contribution >= 4 is 11.0 Å². The molecule has 0 radical (unpaired) electrons. The first-order chi connectivity index (χ1) is 7.43. The number of rotatable bonds is 1. The molecule has 0 spiro atoms. The summed E-state index contributed by atoms with van der Waals surface area (Å²) in [6.07, 6.45) is -4.44. The number of methoxy groups -OCH3 is 1. The summed E-state index contributed by atoms with van der Waals surface area (Å²) in [7, 11) is 2.79. The smallest absolute Gasteiger partial charge is 0.449 e. The van der Waals surface area contributed by atoms with Crippen LogP contribution in [0.2, 0.25) is 0 Å². The number of nitrogens with zero attached hydrogens (tertiary/aromatic N) is 2. The Kier molecular flexibility index (Phi) is 2.29. The monoisotopic (exact) mass is 230 g/mol. The van der Waals surface area contributed by atoms with Gasteiger partial charge in [0.1, 0.15) is 5.75 Å². The molecule has 1 aromatic heterocycles. The van der Waals surface area contributed by atoms with Crippen molar-refractivity contribution in [2.45, 2.75) is 6.18 Å². The fourth-order valence-electron chi connectivity index (χ4n) is 1.56. The molecule has 0 bridgehead atoms. The number of hydrogen-bond acceptors (Lipinski definition) is 2. The molecule has 86 valence electrons. The maximum atomic E-state index is 12.6. The van der Waals surface area contributed by atoms with Crippen molar-refractivity contribution in [1.29, 1.82) is 0 Å². The minimum Gasteiger partial charge on any atom is -0.497 e.